The second-order valence-corrected chi connectivity index (χ2v) is 5.05. The van der Waals surface area contributed by atoms with Crippen LogP contribution < -0.4 is 9.64 Å². The van der Waals surface area contributed by atoms with Crippen LogP contribution in [-0.2, 0) is 0 Å². The summed E-state index contributed by atoms with van der Waals surface area (Å²) in [6.45, 7) is 0. The quantitative estimate of drug-likeness (QED) is 0.679. The van der Waals surface area contributed by atoms with Gasteiger partial charge in [0.05, 0.1) is 18.0 Å². The molecule has 1 heterocycles. The molecular formula is C16H13ClFN3O. The molecule has 0 N–H and O–H groups in total. The highest BCUT2D eigenvalue weighted by Crippen LogP contribution is 2.32. The van der Waals surface area contributed by atoms with Gasteiger partial charge >= 0.3 is 0 Å². The average molecular weight is 318 g/mol. The van der Waals surface area contributed by atoms with Gasteiger partial charge in [-0.25, -0.2) is 9.37 Å². The molecule has 0 fully saturated rings. The summed E-state index contributed by atoms with van der Waals surface area (Å²) in [5.41, 5.74) is 1.30. The Balaban J connectivity index is 2.15. The number of aromatic nitrogens is 2. The van der Waals surface area contributed by atoms with Gasteiger partial charge in [0.2, 0.25) is 5.28 Å². The average Bonchev–Trinajstić information content (AvgIpc) is 2.53. The molecule has 1 aromatic heterocycles. The van der Waals surface area contributed by atoms with Crippen LogP contribution in [0.3, 0.4) is 0 Å². The Morgan fingerprint density at radius 2 is 1.82 bits per heavy atom. The van der Waals surface area contributed by atoms with Crippen molar-refractivity contribution < 1.29 is 9.13 Å². The van der Waals surface area contributed by atoms with E-state index < -0.39 is 0 Å². The first kappa shape index (κ1) is 14.5. The van der Waals surface area contributed by atoms with E-state index in [9.17, 15) is 4.39 Å². The minimum Gasteiger partial charge on any atom is -0.497 e. The van der Waals surface area contributed by atoms with Crippen LogP contribution in [0.5, 0.6) is 5.75 Å². The largest absolute Gasteiger partial charge is 0.497 e. The van der Waals surface area contributed by atoms with Crippen LogP contribution >= 0.6 is 11.6 Å². The van der Waals surface area contributed by atoms with Gasteiger partial charge < -0.3 is 9.64 Å². The zero-order chi connectivity index (χ0) is 15.7. The van der Waals surface area contributed by atoms with Crippen molar-refractivity contribution in [3.05, 3.63) is 53.6 Å². The first-order valence-electron chi connectivity index (χ1n) is 6.59. The summed E-state index contributed by atoms with van der Waals surface area (Å²) in [5.74, 6) is 0.775. The maximum absolute atomic E-state index is 14.2. The number of hydrogen-bond donors (Lipinski definition) is 0. The summed E-state index contributed by atoms with van der Waals surface area (Å²) in [4.78, 5) is 10.0. The number of hydrogen-bond acceptors (Lipinski definition) is 4. The molecule has 2 aromatic carbocycles. The number of halogens is 2. The maximum atomic E-state index is 14.2. The van der Waals surface area contributed by atoms with Crippen molar-refractivity contribution >= 4 is 34.0 Å². The Kier molecular flexibility index (Phi) is 3.81. The summed E-state index contributed by atoms with van der Waals surface area (Å²) in [6, 6.07) is 12.1. The standard InChI is InChI=1S/C16H13ClFN3O/c1-21(10-6-8-11(22-2)9-7-10)15-14-12(18)4-3-5-13(14)19-16(17)20-15/h3-9H,1-2H3. The first-order chi connectivity index (χ1) is 10.6. The van der Waals surface area contributed by atoms with Gasteiger partial charge in [-0.15, -0.1) is 0 Å². The Morgan fingerprint density at radius 3 is 2.50 bits per heavy atom. The molecule has 0 amide bonds. The van der Waals surface area contributed by atoms with Crippen molar-refractivity contribution in [1.82, 2.24) is 9.97 Å². The second-order valence-electron chi connectivity index (χ2n) is 4.71. The van der Waals surface area contributed by atoms with Crippen molar-refractivity contribution in [2.75, 3.05) is 19.1 Å². The number of benzene rings is 2. The van der Waals surface area contributed by atoms with E-state index in [1.807, 2.05) is 24.3 Å². The second kappa shape index (κ2) is 5.77. The zero-order valence-corrected chi connectivity index (χ0v) is 12.8. The predicted molar refractivity (Wildman–Crippen MR) is 85.6 cm³/mol. The Morgan fingerprint density at radius 1 is 1.09 bits per heavy atom. The Hall–Kier alpha value is -2.40. The van der Waals surface area contributed by atoms with Gasteiger partial charge in [0.25, 0.3) is 0 Å². The summed E-state index contributed by atoms with van der Waals surface area (Å²) in [6.07, 6.45) is 0. The van der Waals surface area contributed by atoms with Gasteiger partial charge in [-0.1, -0.05) is 6.07 Å². The fraction of sp³-hybridized carbons (Fsp3) is 0.125. The highest BCUT2D eigenvalue weighted by atomic mass is 35.5. The fourth-order valence-corrected chi connectivity index (χ4v) is 2.44. The summed E-state index contributed by atoms with van der Waals surface area (Å²) in [5, 5.41) is 0.415. The number of methoxy groups -OCH3 is 1. The number of ether oxygens (including phenoxy) is 1. The van der Waals surface area contributed by atoms with Gasteiger partial charge in [-0.05, 0) is 48.0 Å². The minimum absolute atomic E-state index is 0.0773. The molecule has 0 atom stereocenters. The SMILES string of the molecule is COc1ccc(N(C)c2nc(Cl)nc3cccc(F)c23)cc1. The monoisotopic (exact) mass is 317 g/mol. The molecule has 3 aromatic rings. The van der Waals surface area contributed by atoms with Crippen molar-refractivity contribution in [2.45, 2.75) is 0 Å². The lowest BCUT2D eigenvalue weighted by molar-refractivity contribution is 0.415. The van der Waals surface area contributed by atoms with E-state index in [1.54, 1.807) is 31.2 Å². The van der Waals surface area contributed by atoms with Crippen LogP contribution in [-0.4, -0.2) is 24.1 Å². The van der Waals surface area contributed by atoms with E-state index in [1.165, 1.54) is 6.07 Å². The third-order valence-corrected chi connectivity index (χ3v) is 3.57. The molecule has 0 unspecified atom stereocenters. The van der Waals surface area contributed by atoms with E-state index in [2.05, 4.69) is 9.97 Å². The Bertz CT molecular complexity index is 823. The summed E-state index contributed by atoms with van der Waals surface area (Å²) in [7, 11) is 3.40. The molecule has 0 aliphatic heterocycles. The topological polar surface area (TPSA) is 38.2 Å². The van der Waals surface area contributed by atoms with Crippen LogP contribution in [0.2, 0.25) is 5.28 Å². The van der Waals surface area contributed by atoms with Crippen molar-refractivity contribution in [1.29, 1.82) is 0 Å². The molecule has 4 nitrogen and oxygen atoms in total. The minimum atomic E-state index is -0.385. The summed E-state index contributed by atoms with van der Waals surface area (Å²) >= 11 is 5.96. The third kappa shape index (κ3) is 2.55. The molecule has 0 saturated carbocycles. The molecule has 6 heteroatoms. The van der Waals surface area contributed by atoms with Gasteiger partial charge in [0.15, 0.2) is 0 Å². The molecule has 3 rings (SSSR count). The van der Waals surface area contributed by atoms with Gasteiger partial charge in [-0.2, -0.15) is 4.98 Å². The van der Waals surface area contributed by atoms with E-state index in [4.69, 9.17) is 16.3 Å². The van der Waals surface area contributed by atoms with Crippen LogP contribution in [0.15, 0.2) is 42.5 Å². The number of anilines is 2. The predicted octanol–water partition coefficient (Wildman–Crippen LogP) is 4.20. The molecule has 0 bridgehead atoms. The smallest absolute Gasteiger partial charge is 0.224 e. The van der Waals surface area contributed by atoms with Gasteiger partial charge in [-0.3, -0.25) is 0 Å². The lowest BCUT2D eigenvalue weighted by atomic mass is 10.2. The number of nitrogens with zero attached hydrogens (tertiary/aromatic N) is 3. The molecule has 0 spiro atoms. The molecular weight excluding hydrogens is 305 g/mol. The van der Waals surface area contributed by atoms with E-state index in [-0.39, 0.29) is 11.1 Å². The van der Waals surface area contributed by atoms with Crippen LogP contribution in [0.1, 0.15) is 0 Å². The molecule has 0 aliphatic rings. The lowest BCUT2D eigenvalue weighted by Crippen LogP contribution is -2.13. The van der Waals surface area contributed by atoms with E-state index in [0.29, 0.717) is 16.7 Å². The fourth-order valence-electron chi connectivity index (χ4n) is 2.27. The lowest BCUT2D eigenvalue weighted by Gasteiger charge is -2.20. The van der Waals surface area contributed by atoms with Crippen molar-refractivity contribution in [2.24, 2.45) is 0 Å². The molecule has 22 heavy (non-hydrogen) atoms. The Labute approximate surface area is 132 Å². The number of rotatable bonds is 3. The van der Waals surface area contributed by atoms with Crippen molar-refractivity contribution in [3.63, 3.8) is 0 Å². The number of fused-ring (bicyclic) bond motifs is 1. The molecule has 0 radical (unpaired) electrons. The van der Waals surface area contributed by atoms with Crippen LogP contribution in [0.4, 0.5) is 15.9 Å². The summed E-state index contributed by atoms with van der Waals surface area (Å²) < 4.78 is 19.3. The van der Waals surface area contributed by atoms with Crippen LogP contribution in [0.25, 0.3) is 10.9 Å². The van der Waals surface area contributed by atoms with Gasteiger partial charge in [0, 0.05) is 12.7 Å². The highest BCUT2D eigenvalue weighted by molar-refractivity contribution is 6.28. The zero-order valence-electron chi connectivity index (χ0n) is 12.0. The molecule has 0 aliphatic carbocycles. The van der Waals surface area contributed by atoms with E-state index >= 15 is 0 Å². The third-order valence-electron chi connectivity index (χ3n) is 3.40. The highest BCUT2D eigenvalue weighted by Gasteiger charge is 2.15. The normalized spacial score (nSPS) is 10.7. The van der Waals surface area contributed by atoms with E-state index in [0.717, 1.165) is 11.4 Å². The molecule has 112 valence electrons. The van der Waals surface area contributed by atoms with Crippen LogP contribution in [0, 0.1) is 5.82 Å². The first-order valence-corrected chi connectivity index (χ1v) is 6.97. The van der Waals surface area contributed by atoms with Gasteiger partial charge in [0.1, 0.15) is 17.4 Å². The maximum Gasteiger partial charge on any atom is 0.224 e. The molecule has 0 saturated heterocycles. The van der Waals surface area contributed by atoms with Crippen molar-refractivity contribution in [3.8, 4) is 5.75 Å².